The Balaban J connectivity index is 1.93. The third-order valence-corrected chi connectivity index (χ3v) is 3.39. The van der Waals surface area contributed by atoms with Gasteiger partial charge in [-0.15, -0.1) is 0 Å². The molecule has 2 N–H and O–H groups in total. The van der Waals surface area contributed by atoms with Gasteiger partial charge >= 0.3 is 0 Å². The first-order valence-electron chi connectivity index (χ1n) is 6.69. The monoisotopic (exact) mass is 246 g/mol. The van der Waals surface area contributed by atoms with Crippen LogP contribution in [-0.4, -0.2) is 43.2 Å². The minimum Gasteiger partial charge on any atom is -0.369 e. The van der Waals surface area contributed by atoms with E-state index in [1.54, 1.807) is 0 Å². The topological polar surface area (TPSA) is 32.5 Å². The molecule has 0 spiro atoms. The van der Waals surface area contributed by atoms with E-state index in [1.807, 2.05) is 6.07 Å². The van der Waals surface area contributed by atoms with Gasteiger partial charge in [-0.2, -0.15) is 0 Å². The molecule has 1 aliphatic heterocycles. The molecule has 0 bridgehead atoms. The van der Waals surface area contributed by atoms with Gasteiger partial charge in [0.15, 0.2) is 0 Å². The summed E-state index contributed by atoms with van der Waals surface area (Å²) < 4.78 is 0. The summed E-state index contributed by atoms with van der Waals surface area (Å²) in [4.78, 5) is 4.92. The Morgan fingerprint density at radius 3 is 2.50 bits per heavy atom. The molecule has 1 radical (unpaired) electrons. The number of rotatable bonds is 3. The predicted octanol–water partition coefficient (Wildman–Crippen LogP) is 1.65. The Bertz CT molecular complexity index is 387. The molecule has 0 unspecified atom stereocenters. The maximum absolute atomic E-state index is 6.08. The van der Waals surface area contributed by atoms with Crippen molar-refractivity contribution in [3.63, 3.8) is 0 Å². The van der Waals surface area contributed by atoms with Crippen molar-refractivity contribution in [2.24, 2.45) is 5.73 Å². The maximum atomic E-state index is 6.08. The van der Waals surface area contributed by atoms with Crippen LogP contribution in [0.4, 0.5) is 5.69 Å². The molecule has 1 aromatic rings. The van der Waals surface area contributed by atoms with E-state index in [2.05, 4.69) is 48.8 Å². The lowest BCUT2D eigenvalue weighted by molar-refractivity contribution is 0.214. The number of hydrogen-bond donors (Lipinski definition) is 1. The number of aryl methyl sites for hydroxylation is 1. The van der Waals surface area contributed by atoms with Gasteiger partial charge in [-0.3, -0.25) is 4.90 Å². The summed E-state index contributed by atoms with van der Waals surface area (Å²) in [6.45, 7) is 11.7. The maximum Gasteiger partial charge on any atom is 0.0397 e. The zero-order valence-electron chi connectivity index (χ0n) is 11.7. The summed E-state index contributed by atoms with van der Waals surface area (Å²) >= 11 is 0. The summed E-state index contributed by atoms with van der Waals surface area (Å²) in [6, 6.07) is 9.35. The minimum absolute atomic E-state index is 0.0974. The molecule has 1 aromatic carbocycles. The first kappa shape index (κ1) is 13.4. The van der Waals surface area contributed by atoms with Gasteiger partial charge in [0.25, 0.3) is 0 Å². The van der Waals surface area contributed by atoms with E-state index in [1.165, 1.54) is 11.3 Å². The third kappa shape index (κ3) is 3.47. The zero-order chi connectivity index (χ0) is 13.2. The molecule has 0 aromatic heterocycles. The van der Waals surface area contributed by atoms with Crippen LogP contribution in [-0.2, 0) is 0 Å². The van der Waals surface area contributed by atoms with Crippen molar-refractivity contribution in [1.29, 1.82) is 0 Å². The molecule has 3 nitrogen and oxygen atoms in total. The average Bonchev–Trinajstić information content (AvgIpc) is 2.29. The van der Waals surface area contributed by atoms with Crippen LogP contribution < -0.4 is 10.6 Å². The second-order valence-electron chi connectivity index (χ2n) is 5.96. The summed E-state index contributed by atoms with van der Waals surface area (Å²) in [5.41, 5.74) is 8.64. The van der Waals surface area contributed by atoms with E-state index in [9.17, 15) is 0 Å². The molecule has 99 valence electrons. The molecular weight excluding hydrogens is 222 g/mol. The number of nitrogens with two attached hydrogens (primary N) is 1. The van der Waals surface area contributed by atoms with Gasteiger partial charge in [-0.05, 0) is 44.5 Å². The van der Waals surface area contributed by atoms with Crippen LogP contribution in [0.25, 0.3) is 0 Å². The normalized spacial score (nSPS) is 18.1. The van der Waals surface area contributed by atoms with Crippen LogP contribution in [0.15, 0.2) is 18.2 Å². The lowest BCUT2D eigenvalue weighted by atomic mass is 10.1. The Morgan fingerprint density at radius 2 is 1.94 bits per heavy atom. The Morgan fingerprint density at radius 1 is 1.28 bits per heavy atom. The van der Waals surface area contributed by atoms with Crippen LogP contribution in [0.5, 0.6) is 0 Å². The van der Waals surface area contributed by atoms with Crippen LogP contribution in [0.3, 0.4) is 0 Å². The van der Waals surface area contributed by atoms with Gasteiger partial charge in [0, 0.05) is 44.0 Å². The van der Waals surface area contributed by atoms with Gasteiger partial charge in [0.2, 0.25) is 0 Å². The highest BCUT2D eigenvalue weighted by molar-refractivity contribution is 5.53. The molecular formula is C15H24N3. The van der Waals surface area contributed by atoms with Crippen LogP contribution in [0, 0.1) is 13.0 Å². The first-order chi connectivity index (χ1) is 8.46. The van der Waals surface area contributed by atoms with Crippen LogP contribution in [0.1, 0.15) is 19.4 Å². The molecule has 2 rings (SSSR count). The first-order valence-corrected chi connectivity index (χ1v) is 6.69. The highest BCUT2D eigenvalue weighted by atomic mass is 15.3. The molecule has 1 saturated heterocycles. The van der Waals surface area contributed by atoms with Crippen LogP contribution in [0.2, 0.25) is 0 Å². The second-order valence-corrected chi connectivity index (χ2v) is 5.96. The Hall–Kier alpha value is -1.06. The number of piperazine rings is 1. The van der Waals surface area contributed by atoms with Crippen molar-refractivity contribution in [1.82, 2.24) is 4.90 Å². The number of hydrogen-bond acceptors (Lipinski definition) is 3. The largest absolute Gasteiger partial charge is 0.369 e. The van der Waals surface area contributed by atoms with Crippen molar-refractivity contribution in [3.8, 4) is 0 Å². The standard InChI is InChI=1S/C15H24N3/c1-13-6-4-5-7-14(13)18-10-8-17(9-11-18)12-15(2,3)16/h5-7H,8-12,16H2,1-3H3. The van der Waals surface area contributed by atoms with Crippen molar-refractivity contribution in [3.05, 3.63) is 29.8 Å². The fourth-order valence-corrected chi connectivity index (χ4v) is 2.58. The molecule has 0 aliphatic carbocycles. The summed E-state index contributed by atoms with van der Waals surface area (Å²) in [7, 11) is 0. The molecule has 0 atom stereocenters. The summed E-state index contributed by atoms with van der Waals surface area (Å²) in [6.07, 6.45) is 0. The highest BCUT2D eigenvalue weighted by Crippen LogP contribution is 2.20. The van der Waals surface area contributed by atoms with E-state index >= 15 is 0 Å². The predicted molar refractivity (Wildman–Crippen MR) is 76.9 cm³/mol. The summed E-state index contributed by atoms with van der Waals surface area (Å²) in [5, 5.41) is 0. The lowest BCUT2D eigenvalue weighted by Crippen LogP contribution is -2.53. The number of anilines is 1. The summed E-state index contributed by atoms with van der Waals surface area (Å²) in [5.74, 6) is 0. The van der Waals surface area contributed by atoms with Gasteiger partial charge in [0.05, 0.1) is 0 Å². The van der Waals surface area contributed by atoms with Crippen molar-refractivity contribution in [2.75, 3.05) is 37.6 Å². The van der Waals surface area contributed by atoms with E-state index in [0.717, 1.165) is 32.7 Å². The van der Waals surface area contributed by atoms with Crippen LogP contribution >= 0.6 is 0 Å². The number of benzene rings is 1. The highest BCUT2D eigenvalue weighted by Gasteiger charge is 2.22. The van der Waals surface area contributed by atoms with Crippen molar-refractivity contribution >= 4 is 5.69 Å². The Labute approximate surface area is 111 Å². The molecule has 1 fully saturated rings. The van der Waals surface area contributed by atoms with Crippen molar-refractivity contribution < 1.29 is 0 Å². The quantitative estimate of drug-likeness (QED) is 0.880. The van der Waals surface area contributed by atoms with E-state index in [0.29, 0.717) is 0 Å². The molecule has 18 heavy (non-hydrogen) atoms. The molecule has 3 heteroatoms. The van der Waals surface area contributed by atoms with E-state index < -0.39 is 0 Å². The van der Waals surface area contributed by atoms with Gasteiger partial charge in [-0.25, -0.2) is 0 Å². The second kappa shape index (κ2) is 5.29. The molecule has 0 amide bonds. The molecule has 1 heterocycles. The fraction of sp³-hybridized carbons (Fsp3) is 0.600. The van der Waals surface area contributed by atoms with Gasteiger partial charge < -0.3 is 10.6 Å². The smallest absolute Gasteiger partial charge is 0.0397 e. The molecule has 1 aliphatic rings. The SMILES string of the molecule is Cc1c[c]ccc1N1CCN(CC(C)(C)N)CC1. The zero-order valence-corrected chi connectivity index (χ0v) is 11.7. The number of nitrogens with zero attached hydrogens (tertiary/aromatic N) is 2. The molecule has 0 saturated carbocycles. The lowest BCUT2D eigenvalue weighted by Gasteiger charge is -2.39. The average molecular weight is 246 g/mol. The van der Waals surface area contributed by atoms with Gasteiger partial charge in [-0.1, -0.05) is 6.07 Å². The minimum atomic E-state index is -0.0974. The Kier molecular flexibility index (Phi) is 3.93. The third-order valence-electron chi connectivity index (χ3n) is 3.39. The van der Waals surface area contributed by atoms with E-state index in [4.69, 9.17) is 5.73 Å². The van der Waals surface area contributed by atoms with E-state index in [-0.39, 0.29) is 5.54 Å². The fourth-order valence-electron chi connectivity index (χ4n) is 2.58. The van der Waals surface area contributed by atoms with Crippen molar-refractivity contribution in [2.45, 2.75) is 26.3 Å². The van der Waals surface area contributed by atoms with Gasteiger partial charge in [0.1, 0.15) is 0 Å².